The first-order valence-electron chi connectivity index (χ1n) is 9.01. The van der Waals surface area contributed by atoms with Crippen molar-refractivity contribution in [2.75, 3.05) is 0 Å². The van der Waals surface area contributed by atoms with Crippen molar-refractivity contribution in [3.8, 4) is 10.4 Å². The van der Waals surface area contributed by atoms with E-state index in [0.717, 1.165) is 53.5 Å². The maximum atomic E-state index is 13.5. The van der Waals surface area contributed by atoms with Crippen molar-refractivity contribution in [3.05, 3.63) is 77.6 Å². The number of rotatable bonds is 4. The van der Waals surface area contributed by atoms with E-state index in [1.54, 1.807) is 37.1 Å². The number of pyridine rings is 1. The van der Waals surface area contributed by atoms with Crippen LogP contribution in [0.5, 0.6) is 0 Å². The largest absolute Gasteiger partial charge is 0.336 e. The van der Waals surface area contributed by atoms with Crippen LogP contribution < -0.4 is 5.43 Å². The van der Waals surface area contributed by atoms with Gasteiger partial charge in [-0.2, -0.15) is 9.49 Å². The first kappa shape index (κ1) is 20.6. The Morgan fingerprint density at radius 2 is 2.06 bits per heavy atom. The summed E-state index contributed by atoms with van der Waals surface area (Å²) in [6.07, 6.45) is 12.4. The van der Waals surface area contributed by atoms with Gasteiger partial charge in [-0.05, 0) is 46.9 Å². The molecular weight excluding hydrogens is 643 g/mol. The number of allylic oxidation sites excluding steroid dienone is 3. The first-order valence-corrected chi connectivity index (χ1v) is 12.2. The number of hydrogen-bond acceptors (Lipinski definition) is 7. The summed E-state index contributed by atoms with van der Waals surface area (Å²) < 4.78 is 14.5. The number of aromatic amines is 1. The number of thiophene rings is 1. The zero-order chi connectivity index (χ0) is 21.4. The molecule has 5 heterocycles. The summed E-state index contributed by atoms with van der Waals surface area (Å²) >= 11 is 5.63. The van der Waals surface area contributed by atoms with Crippen LogP contribution in [-0.2, 0) is 0 Å². The molecule has 0 amide bonds. The van der Waals surface area contributed by atoms with Gasteiger partial charge in [0.1, 0.15) is 15.2 Å². The molecule has 5 rings (SSSR count). The fourth-order valence-corrected chi connectivity index (χ4v) is 5.03. The average molecular weight is 655 g/mol. The molecule has 4 aromatic heterocycles. The topological polar surface area (TPSA) is 91.7 Å². The Bertz CT molecular complexity index is 1360. The smallest absolute Gasteiger partial charge is 0.176 e. The standard InChI is InChI=1S/C20H12FI2N7S/c21-16-4-3-15(31-16)10-7-25-9-14-18(10)28-20(27-14)19-17(23)12(29-30-19)2-1-11(22)13-8-24-5-6-26-13/h1-9,17,29H,(H,27,28)/b11-1-,12-2+. The third kappa shape index (κ3) is 4.13. The Hall–Kier alpha value is -2.26. The second-order valence-corrected chi connectivity index (χ2v) is 9.91. The lowest BCUT2D eigenvalue weighted by Gasteiger charge is -2.03. The van der Waals surface area contributed by atoms with Crippen LogP contribution in [-0.4, -0.2) is 34.6 Å². The highest BCUT2D eigenvalue weighted by Gasteiger charge is 2.27. The van der Waals surface area contributed by atoms with Crippen LogP contribution in [0.3, 0.4) is 0 Å². The Morgan fingerprint density at radius 3 is 2.84 bits per heavy atom. The number of nitrogens with zero attached hydrogens (tertiary/aromatic N) is 5. The molecule has 31 heavy (non-hydrogen) atoms. The van der Waals surface area contributed by atoms with E-state index < -0.39 is 0 Å². The van der Waals surface area contributed by atoms with E-state index in [-0.39, 0.29) is 9.06 Å². The predicted octanol–water partition coefficient (Wildman–Crippen LogP) is 5.09. The number of H-pyrrole nitrogens is 1. The molecule has 4 aromatic rings. The molecule has 1 unspecified atom stereocenters. The average Bonchev–Trinajstić information content (AvgIpc) is 3.50. The van der Waals surface area contributed by atoms with E-state index in [0.29, 0.717) is 5.82 Å². The van der Waals surface area contributed by atoms with Crippen molar-refractivity contribution in [2.45, 2.75) is 3.92 Å². The molecule has 0 bridgehead atoms. The molecule has 0 aliphatic carbocycles. The summed E-state index contributed by atoms with van der Waals surface area (Å²) in [5.41, 5.74) is 7.94. The minimum absolute atomic E-state index is 0.0175. The van der Waals surface area contributed by atoms with E-state index in [1.165, 1.54) is 6.07 Å². The molecule has 0 saturated heterocycles. The molecule has 154 valence electrons. The van der Waals surface area contributed by atoms with Gasteiger partial charge in [-0.3, -0.25) is 20.4 Å². The minimum atomic E-state index is -0.238. The zero-order valence-corrected chi connectivity index (χ0v) is 20.7. The van der Waals surface area contributed by atoms with Gasteiger partial charge in [0.05, 0.1) is 29.3 Å². The summed E-state index contributed by atoms with van der Waals surface area (Å²) in [5, 5.41) is 4.24. The third-order valence-electron chi connectivity index (χ3n) is 4.51. The van der Waals surface area contributed by atoms with Crippen LogP contribution in [0.2, 0.25) is 0 Å². The fraction of sp³-hybridized carbons (Fsp3) is 0.0500. The maximum absolute atomic E-state index is 13.5. The maximum Gasteiger partial charge on any atom is 0.176 e. The molecule has 1 aliphatic rings. The molecule has 0 radical (unpaired) electrons. The summed E-state index contributed by atoms with van der Waals surface area (Å²) in [6, 6.07) is 3.19. The van der Waals surface area contributed by atoms with Crippen LogP contribution in [0, 0.1) is 5.13 Å². The summed E-state index contributed by atoms with van der Waals surface area (Å²) in [6.45, 7) is 0. The summed E-state index contributed by atoms with van der Waals surface area (Å²) in [7, 11) is 0. The van der Waals surface area contributed by atoms with Gasteiger partial charge in [0.2, 0.25) is 0 Å². The van der Waals surface area contributed by atoms with Crippen LogP contribution >= 0.6 is 56.5 Å². The Morgan fingerprint density at radius 1 is 1.16 bits per heavy atom. The third-order valence-corrected chi connectivity index (χ3v) is 7.59. The van der Waals surface area contributed by atoms with Crippen LogP contribution in [0.1, 0.15) is 11.5 Å². The normalized spacial score (nSPS) is 17.9. The van der Waals surface area contributed by atoms with E-state index >= 15 is 0 Å². The number of aromatic nitrogens is 5. The van der Waals surface area contributed by atoms with E-state index in [1.807, 2.05) is 12.2 Å². The highest BCUT2D eigenvalue weighted by molar-refractivity contribution is 14.1. The molecular formula is C20H12FI2N7S. The van der Waals surface area contributed by atoms with Gasteiger partial charge in [0, 0.05) is 32.6 Å². The van der Waals surface area contributed by atoms with Gasteiger partial charge in [-0.25, -0.2) is 4.98 Å². The Labute approximate surface area is 207 Å². The molecule has 0 saturated carbocycles. The predicted molar refractivity (Wildman–Crippen MR) is 137 cm³/mol. The molecule has 1 atom stereocenters. The van der Waals surface area contributed by atoms with Gasteiger partial charge in [0.25, 0.3) is 0 Å². The van der Waals surface area contributed by atoms with Gasteiger partial charge in [0.15, 0.2) is 11.0 Å². The summed E-state index contributed by atoms with van der Waals surface area (Å²) in [5.74, 6) is 0.657. The number of alkyl halides is 1. The molecule has 0 spiro atoms. The van der Waals surface area contributed by atoms with Gasteiger partial charge in [-0.1, -0.05) is 22.6 Å². The fourth-order valence-electron chi connectivity index (χ4n) is 3.04. The SMILES string of the molecule is Fc1ccc(-c2cncc3[nH]c(C4=NN/C(=C/C=C(\I)c5cnccn5)C4I)nc23)s1. The molecule has 2 N–H and O–H groups in total. The van der Waals surface area contributed by atoms with E-state index in [4.69, 9.17) is 4.98 Å². The van der Waals surface area contributed by atoms with Crippen LogP contribution in [0.15, 0.2) is 66.1 Å². The van der Waals surface area contributed by atoms with Crippen LogP contribution in [0.4, 0.5) is 4.39 Å². The van der Waals surface area contributed by atoms with Crippen molar-refractivity contribution >= 4 is 76.8 Å². The van der Waals surface area contributed by atoms with Crippen molar-refractivity contribution in [1.29, 1.82) is 0 Å². The molecule has 0 aromatic carbocycles. The Balaban J connectivity index is 1.44. The molecule has 7 nitrogen and oxygen atoms in total. The molecule has 1 aliphatic heterocycles. The van der Waals surface area contributed by atoms with Gasteiger partial charge >= 0.3 is 0 Å². The quantitative estimate of drug-likeness (QED) is 0.237. The lowest BCUT2D eigenvalue weighted by Crippen LogP contribution is -2.15. The zero-order valence-electron chi connectivity index (χ0n) is 15.6. The Kier molecular flexibility index (Phi) is 5.79. The van der Waals surface area contributed by atoms with E-state index in [2.05, 4.69) is 75.6 Å². The number of fused-ring (bicyclic) bond motifs is 1. The van der Waals surface area contributed by atoms with Crippen molar-refractivity contribution < 1.29 is 4.39 Å². The first-order chi connectivity index (χ1) is 15.1. The number of imidazole rings is 1. The van der Waals surface area contributed by atoms with Crippen molar-refractivity contribution in [1.82, 2.24) is 30.3 Å². The molecule has 11 heteroatoms. The minimum Gasteiger partial charge on any atom is -0.336 e. The number of hydrazone groups is 1. The lowest BCUT2D eigenvalue weighted by atomic mass is 10.2. The van der Waals surface area contributed by atoms with Gasteiger partial charge < -0.3 is 4.98 Å². The molecule has 0 fully saturated rings. The highest BCUT2D eigenvalue weighted by Crippen LogP contribution is 2.32. The van der Waals surface area contributed by atoms with Crippen LogP contribution in [0.25, 0.3) is 25.1 Å². The van der Waals surface area contributed by atoms with E-state index in [9.17, 15) is 4.39 Å². The van der Waals surface area contributed by atoms with Crippen molar-refractivity contribution in [3.63, 3.8) is 0 Å². The van der Waals surface area contributed by atoms with Gasteiger partial charge in [-0.15, -0.1) is 11.3 Å². The second kappa shape index (κ2) is 8.70. The lowest BCUT2D eigenvalue weighted by molar-refractivity contribution is 0.657. The second-order valence-electron chi connectivity index (χ2n) is 6.47. The number of halogens is 3. The number of nitrogens with one attached hydrogen (secondary N) is 2. The highest BCUT2D eigenvalue weighted by atomic mass is 127. The number of hydrogen-bond donors (Lipinski definition) is 2. The van der Waals surface area contributed by atoms with Crippen molar-refractivity contribution in [2.24, 2.45) is 5.10 Å². The monoisotopic (exact) mass is 655 g/mol. The summed E-state index contributed by atoms with van der Waals surface area (Å²) in [4.78, 5) is 21.5.